The van der Waals surface area contributed by atoms with Crippen molar-refractivity contribution in [3.8, 4) is 0 Å². The minimum Gasteiger partial charge on any atom is -0.356 e. The highest BCUT2D eigenvalue weighted by Gasteiger charge is 2.21. The molecule has 1 aliphatic heterocycles. The standard InChI is InChI=1S/C12H15ClN4O/c1-8-14-5-4-11(15-8)16-10-6-9(13)7-17(2)12(10)18-3/h4-7,12H,1-3H3,(H,14,15,16). The number of likely N-dealkylation sites (N-methyl/N-ethyl adjacent to an activating group) is 1. The maximum absolute atomic E-state index is 6.04. The van der Waals surface area contributed by atoms with Gasteiger partial charge in [-0.15, -0.1) is 0 Å². The maximum Gasteiger partial charge on any atom is 0.170 e. The van der Waals surface area contributed by atoms with Crippen molar-refractivity contribution in [1.82, 2.24) is 14.9 Å². The molecule has 6 heteroatoms. The number of hydrogen-bond acceptors (Lipinski definition) is 5. The highest BCUT2D eigenvalue weighted by atomic mass is 35.5. The van der Waals surface area contributed by atoms with Crippen molar-refractivity contribution in [3.63, 3.8) is 0 Å². The molecular formula is C12H15ClN4O. The van der Waals surface area contributed by atoms with E-state index >= 15 is 0 Å². The maximum atomic E-state index is 6.04. The second-order valence-corrected chi connectivity index (χ2v) is 4.42. The molecule has 1 aromatic rings. The summed E-state index contributed by atoms with van der Waals surface area (Å²) >= 11 is 6.04. The lowest BCUT2D eigenvalue weighted by Crippen LogP contribution is -2.36. The van der Waals surface area contributed by atoms with Gasteiger partial charge in [-0.1, -0.05) is 11.6 Å². The molecule has 0 bridgehead atoms. The van der Waals surface area contributed by atoms with Crippen molar-refractivity contribution in [3.05, 3.63) is 41.1 Å². The Morgan fingerprint density at radius 2 is 2.28 bits per heavy atom. The second-order valence-electron chi connectivity index (χ2n) is 3.98. The van der Waals surface area contributed by atoms with E-state index in [1.807, 2.05) is 31.1 Å². The van der Waals surface area contributed by atoms with Gasteiger partial charge in [0.25, 0.3) is 0 Å². The molecule has 2 heterocycles. The largest absolute Gasteiger partial charge is 0.356 e. The SMILES string of the molecule is COC1C(Nc2ccnc(C)n2)=CC(Cl)=CN1C. The molecule has 96 valence electrons. The highest BCUT2D eigenvalue weighted by molar-refractivity contribution is 6.31. The van der Waals surface area contributed by atoms with Gasteiger partial charge in [0.1, 0.15) is 11.6 Å². The first kappa shape index (κ1) is 12.9. The molecule has 18 heavy (non-hydrogen) atoms. The second kappa shape index (κ2) is 5.37. The summed E-state index contributed by atoms with van der Waals surface area (Å²) < 4.78 is 5.42. The van der Waals surface area contributed by atoms with Gasteiger partial charge in [0.05, 0.1) is 10.7 Å². The minimum atomic E-state index is -0.206. The predicted molar refractivity (Wildman–Crippen MR) is 71.0 cm³/mol. The Labute approximate surface area is 111 Å². The number of aromatic nitrogens is 2. The molecule has 0 spiro atoms. The van der Waals surface area contributed by atoms with Crippen LogP contribution >= 0.6 is 11.6 Å². The minimum absolute atomic E-state index is 0.206. The van der Waals surface area contributed by atoms with Crippen LogP contribution in [0.3, 0.4) is 0 Å². The molecule has 0 amide bonds. The summed E-state index contributed by atoms with van der Waals surface area (Å²) in [5.74, 6) is 1.43. The van der Waals surface area contributed by atoms with E-state index < -0.39 is 0 Å². The molecule has 1 aromatic heterocycles. The lowest BCUT2D eigenvalue weighted by molar-refractivity contribution is 0.0359. The van der Waals surface area contributed by atoms with Gasteiger partial charge in [-0.05, 0) is 19.1 Å². The van der Waals surface area contributed by atoms with Gasteiger partial charge in [0.15, 0.2) is 6.23 Å². The van der Waals surface area contributed by atoms with Crippen LogP contribution in [0.25, 0.3) is 0 Å². The summed E-state index contributed by atoms with van der Waals surface area (Å²) in [7, 11) is 3.55. The average molecular weight is 267 g/mol. The van der Waals surface area contributed by atoms with Crippen LogP contribution in [0.4, 0.5) is 5.82 Å². The number of rotatable bonds is 3. The molecule has 1 N–H and O–H groups in total. The fourth-order valence-corrected chi connectivity index (χ4v) is 2.07. The lowest BCUT2D eigenvalue weighted by Gasteiger charge is -2.31. The summed E-state index contributed by atoms with van der Waals surface area (Å²) in [5.41, 5.74) is 0.839. The third-order valence-electron chi connectivity index (χ3n) is 2.53. The Morgan fingerprint density at radius 1 is 1.50 bits per heavy atom. The number of aryl methyl sites for hydroxylation is 1. The van der Waals surface area contributed by atoms with Crippen LogP contribution in [-0.2, 0) is 4.74 Å². The first-order valence-corrected chi connectivity index (χ1v) is 5.88. The van der Waals surface area contributed by atoms with Gasteiger partial charge < -0.3 is 15.0 Å². The number of anilines is 1. The van der Waals surface area contributed by atoms with E-state index in [1.54, 1.807) is 19.4 Å². The van der Waals surface area contributed by atoms with E-state index in [-0.39, 0.29) is 6.23 Å². The number of nitrogens with one attached hydrogen (secondary N) is 1. The highest BCUT2D eigenvalue weighted by Crippen LogP contribution is 2.22. The number of ether oxygens (including phenoxy) is 1. The molecule has 2 rings (SSSR count). The van der Waals surface area contributed by atoms with Gasteiger partial charge in [0, 0.05) is 26.6 Å². The molecule has 1 atom stereocenters. The third kappa shape index (κ3) is 2.80. The molecule has 5 nitrogen and oxygen atoms in total. The van der Waals surface area contributed by atoms with Gasteiger partial charge in [-0.3, -0.25) is 0 Å². The number of hydrogen-bond donors (Lipinski definition) is 1. The number of nitrogens with zero attached hydrogens (tertiary/aromatic N) is 3. The van der Waals surface area contributed by atoms with Crippen LogP contribution in [0.2, 0.25) is 0 Å². The predicted octanol–water partition coefficient (Wildman–Crippen LogP) is 2.08. The number of allylic oxidation sites excluding steroid dienone is 2. The third-order valence-corrected chi connectivity index (χ3v) is 2.73. The Hall–Kier alpha value is -1.59. The summed E-state index contributed by atoms with van der Waals surface area (Å²) in [4.78, 5) is 10.2. The van der Waals surface area contributed by atoms with E-state index in [0.717, 1.165) is 11.5 Å². The van der Waals surface area contributed by atoms with Crippen molar-refractivity contribution < 1.29 is 4.74 Å². The van der Waals surface area contributed by atoms with E-state index in [2.05, 4.69) is 15.3 Å². The molecule has 1 aliphatic rings. The van der Waals surface area contributed by atoms with Crippen LogP contribution in [0.15, 0.2) is 35.3 Å². The molecular weight excluding hydrogens is 252 g/mol. The van der Waals surface area contributed by atoms with Crippen molar-refractivity contribution in [2.24, 2.45) is 0 Å². The molecule has 0 radical (unpaired) electrons. The Bertz CT molecular complexity index is 501. The molecule has 0 aromatic carbocycles. The number of methoxy groups -OCH3 is 1. The summed E-state index contributed by atoms with van der Waals surface area (Å²) in [6.07, 6.45) is 5.14. The van der Waals surface area contributed by atoms with Crippen LogP contribution in [0.1, 0.15) is 5.82 Å². The fraction of sp³-hybridized carbons (Fsp3) is 0.333. The zero-order valence-electron chi connectivity index (χ0n) is 10.5. The number of halogens is 1. The summed E-state index contributed by atoms with van der Waals surface area (Å²) in [6, 6.07) is 1.80. The van der Waals surface area contributed by atoms with E-state index in [1.165, 1.54) is 0 Å². The Balaban J connectivity index is 2.23. The first-order chi connectivity index (χ1) is 8.60. The fourth-order valence-electron chi connectivity index (χ4n) is 1.80. The van der Waals surface area contributed by atoms with E-state index in [4.69, 9.17) is 16.3 Å². The van der Waals surface area contributed by atoms with Gasteiger partial charge in [0.2, 0.25) is 0 Å². The van der Waals surface area contributed by atoms with Crippen LogP contribution in [0.5, 0.6) is 0 Å². The topological polar surface area (TPSA) is 50.3 Å². The quantitative estimate of drug-likeness (QED) is 0.908. The normalized spacial score (nSPS) is 19.3. The molecule has 1 unspecified atom stereocenters. The average Bonchev–Trinajstić information content (AvgIpc) is 2.28. The van der Waals surface area contributed by atoms with Crippen LogP contribution in [0, 0.1) is 6.92 Å². The molecule has 0 aliphatic carbocycles. The zero-order chi connectivity index (χ0) is 13.1. The van der Waals surface area contributed by atoms with E-state index in [0.29, 0.717) is 10.9 Å². The van der Waals surface area contributed by atoms with Crippen molar-refractivity contribution in [2.75, 3.05) is 19.5 Å². The first-order valence-electron chi connectivity index (χ1n) is 5.50. The van der Waals surface area contributed by atoms with Crippen molar-refractivity contribution in [1.29, 1.82) is 0 Å². The van der Waals surface area contributed by atoms with Gasteiger partial charge >= 0.3 is 0 Å². The van der Waals surface area contributed by atoms with Gasteiger partial charge in [-0.25, -0.2) is 9.97 Å². The smallest absolute Gasteiger partial charge is 0.170 e. The lowest BCUT2D eigenvalue weighted by atomic mass is 10.2. The Morgan fingerprint density at radius 3 is 2.94 bits per heavy atom. The van der Waals surface area contributed by atoms with E-state index in [9.17, 15) is 0 Å². The van der Waals surface area contributed by atoms with Crippen molar-refractivity contribution in [2.45, 2.75) is 13.2 Å². The summed E-state index contributed by atoms with van der Waals surface area (Å²) in [5, 5.41) is 3.84. The van der Waals surface area contributed by atoms with Crippen LogP contribution in [-0.4, -0.2) is 35.3 Å². The molecule has 0 fully saturated rings. The molecule has 0 saturated carbocycles. The monoisotopic (exact) mass is 266 g/mol. The summed E-state index contributed by atoms with van der Waals surface area (Å²) in [6.45, 7) is 1.84. The Kier molecular flexibility index (Phi) is 3.84. The zero-order valence-corrected chi connectivity index (χ0v) is 11.3. The van der Waals surface area contributed by atoms with Gasteiger partial charge in [-0.2, -0.15) is 0 Å². The van der Waals surface area contributed by atoms with Crippen molar-refractivity contribution >= 4 is 17.4 Å². The van der Waals surface area contributed by atoms with Crippen LogP contribution < -0.4 is 5.32 Å². The molecule has 0 saturated heterocycles.